The molecule has 1 N–H and O–H groups in total. The molecule has 0 bridgehead atoms. The normalized spacial score (nSPS) is 16.9. The minimum atomic E-state index is 0.0393. The Morgan fingerprint density at radius 2 is 2.12 bits per heavy atom. The molecule has 5 nitrogen and oxygen atoms in total. The number of carbonyl (C=O) groups is 1. The van der Waals surface area contributed by atoms with Crippen LogP contribution in [0, 0.1) is 0 Å². The fourth-order valence-corrected chi connectivity index (χ4v) is 3.34. The van der Waals surface area contributed by atoms with Gasteiger partial charge in [0.25, 0.3) is 5.91 Å². The summed E-state index contributed by atoms with van der Waals surface area (Å²) >= 11 is 0. The number of para-hydroxylation sites is 1. The highest BCUT2D eigenvalue weighted by molar-refractivity contribution is 6.07. The molecule has 0 saturated carbocycles. The van der Waals surface area contributed by atoms with Crippen molar-refractivity contribution in [2.75, 3.05) is 20.1 Å². The maximum Gasteiger partial charge on any atom is 0.254 e. The molecule has 0 aliphatic carbocycles. The maximum absolute atomic E-state index is 13.2. The van der Waals surface area contributed by atoms with Gasteiger partial charge in [-0.15, -0.1) is 0 Å². The summed E-state index contributed by atoms with van der Waals surface area (Å²) in [6.45, 7) is 1.81. The standard InChI is InChI=1S/C20H20N4O/c1-24(15-8-10-22-13-15)20(25)17-11-19(14-5-4-9-21-12-14)23-18-7-3-2-6-16(17)18/h2-7,9,11-12,15,22H,8,10,13H2,1H3. The number of benzene rings is 1. The maximum atomic E-state index is 13.2. The van der Waals surface area contributed by atoms with Crippen LogP contribution in [-0.4, -0.2) is 47.0 Å². The van der Waals surface area contributed by atoms with Crippen LogP contribution in [0.5, 0.6) is 0 Å². The van der Waals surface area contributed by atoms with Crippen molar-refractivity contribution in [2.24, 2.45) is 0 Å². The third kappa shape index (κ3) is 2.98. The number of rotatable bonds is 3. The van der Waals surface area contributed by atoms with E-state index in [0.717, 1.165) is 41.7 Å². The average Bonchev–Trinajstić information content (AvgIpc) is 3.21. The SMILES string of the molecule is CN(C(=O)c1cc(-c2cccnc2)nc2ccccc12)C1CCNC1. The van der Waals surface area contributed by atoms with Crippen molar-refractivity contribution in [1.82, 2.24) is 20.2 Å². The molecule has 1 fully saturated rings. The molecule has 25 heavy (non-hydrogen) atoms. The molecule has 126 valence electrons. The van der Waals surface area contributed by atoms with E-state index in [9.17, 15) is 4.79 Å². The van der Waals surface area contributed by atoms with Crippen LogP contribution in [0.1, 0.15) is 16.8 Å². The Labute approximate surface area is 146 Å². The first-order chi connectivity index (χ1) is 12.2. The third-order valence-electron chi connectivity index (χ3n) is 4.81. The monoisotopic (exact) mass is 332 g/mol. The van der Waals surface area contributed by atoms with Gasteiger partial charge in [-0.05, 0) is 37.2 Å². The highest BCUT2D eigenvalue weighted by Crippen LogP contribution is 2.26. The lowest BCUT2D eigenvalue weighted by molar-refractivity contribution is 0.0746. The molecular weight excluding hydrogens is 312 g/mol. The van der Waals surface area contributed by atoms with Crippen molar-refractivity contribution < 1.29 is 4.79 Å². The van der Waals surface area contributed by atoms with Crippen LogP contribution < -0.4 is 5.32 Å². The first-order valence-corrected chi connectivity index (χ1v) is 8.52. The molecule has 0 spiro atoms. The fraction of sp³-hybridized carbons (Fsp3) is 0.250. The van der Waals surface area contributed by atoms with E-state index >= 15 is 0 Å². The number of pyridine rings is 2. The van der Waals surface area contributed by atoms with Gasteiger partial charge >= 0.3 is 0 Å². The molecule has 2 aromatic heterocycles. The summed E-state index contributed by atoms with van der Waals surface area (Å²) in [4.78, 5) is 23.9. The highest BCUT2D eigenvalue weighted by Gasteiger charge is 2.25. The van der Waals surface area contributed by atoms with Crippen LogP contribution >= 0.6 is 0 Å². The van der Waals surface area contributed by atoms with Crippen molar-refractivity contribution in [1.29, 1.82) is 0 Å². The number of fused-ring (bicyclic) bond motifs is 1. The molecular formula is C20H20N4O. The minimum Gasteiger partial charge on any atom is -0.337 e. The second kappa shape index (κ2) is 6.61. The summed E-state index contributed by atoms with van der Waals surface area (Å²) in [5.74, 6) is 0.0393. The molecule has 1 unspecified atom stereocenters. The minimum absolute atomic E-state index is 0.0393. The lowest BCUT2D eigenvalue weighted by atomic mass is 10.0. The van der Waals surface area contributed by atoms with Crippen molar-refractivity contribution in [3.63, 3.8) is 0 Å². The zero-order chi connectivity index (χ0) is 17.2. The molecule has 4 rings (SSSR count). The molecule has 1 atom stereocenters. The predicted octanol–water partition coefficient (Wildman–Crippen LogP) is 2.73. The van der Waals surface area contributed by atoms with Gasteiger partial charge in [0.1, 0.15) is 0 Å². The molecule has 5 heteroatoms. The number of nitrogens with one attached hydrogen (secondary N) is 1. The van der Waals surface area contributed by atoms with Crippen molar-refractivity contribution >= 4 is 16.8 Å². The van der Waals surface area contributed by atoms with Gasteiger partial charge < -0.3 is 10.2 Å². The van der Waals surface area contributed by atoms with E-state index in [0.29, 0.717) is 5.56 Å². The zero-order valence-electron chi connectivity index (χ0n) is 14.1. The van der Waals surface area contributed by atoms with Crippen LogP contribution in [0.25, 0.3) is 22.2 Å². The molecule has 1 aliphatic rings. The Bertz CT molecular complexity index is 904. The number of amides is 1. The molecule has 1 aromatic carbocycles. The summed E-state index contributed by atoms with van der Waals surface area (Å²) < 4.78 is 0. The van der Waals surface area contributed by atoms with Gasteiger partial charge in [0.15, 0.2) is 0 Å². The summed E-state index contributed by atoms with van der Waals surface area (Å²) in [5, 5.41) is 4.21. The number of aromatic nitrogens is 2. The topological polar surface area (TPSA) is 58.1 Å². The number of carbonyl (C=O) groups excluding carboxylic acids is 1. The second-order valence-corrected chi connectivity index (χ2v) is 6.38. The van der Waals surface area contributed by atoms with Gasteiger partial charge in [-0.2, -0.15) is 0 Å². The summed E-state index contributed by atoms with van der Waals surface area (Å²) in [6, 6.07) is 13.8. The lowest BCUT2D eigenvalue weighted by Crippen LogP contribution is -2.38. The Morgan fingerprint density at radius 3 is 2.88 bits per heavy atom. The molecule has 1 amide bonds. The summed E-state index contributed by atoms with van der Waals surface area (Å²) in [5.41, 5.74) is 3.20. The van der Waals surface area contributed by atoms with Crippen LogP contribution in [0.3, 0.4) is 0 Å². The van der Waals surface area contributed by atoms with Gasteiger partial charge in [0.2, 0.25) is 0 Å². The van der Waals surface area contributed by atoms with Gasteiger partial charge in [0.05, 0.1) is 16.8 Å². The average molecular weight is 332 g/mol. The highest BCUT2D eigenvalue weighted by atomic mass is 16.2. The molecule has 1 saturated heterocycles. The number of likely N-dealkylation sites (N-methyl/N-ethyl adjacent to an activating group) is 1. The van der Waals surface area contributed by atoms with Crippen LogP contribution in [-0.2, 0) is 0 Å². The van der Waals surface area contributed by atoms with Crippen molar-refractivity contribution in [2.45, 2.75) is 12.5 Å². The summed E-state index contributed by atoms with van der Waals surface area (Å²) in [6.07, 6.45) is 4.49. The van der Waals surface area contributed by atoms with Gasteiger partial charge in [0, 0.05) is 43.0 Å². The van der Waals surface area contributed by atoms with E-state index in [2.05, 4.69) is 10.3 Å². The molecule has 3 aromatic rings. The largest absolute Gasteiger partial charge is 0.337 e. The van der Waals surface area contributed by atoms with E-state index in [1.807, 2.05) is 54.4 Å². The second-order valence-electron chi connectivity index (χ2n) is 6.38. The van der Waals surface area contributed by atoms with Crippen molar-refractivity contribution in [3.8, 4) is 11.3 Å². The van der Waals surface area contributed by atoms with Crippen LogP contribution in [0.4, 0.5) is 0 Å². The Kier molecular flexibility index (Phi) is 4.15. The van der Waals surface area contributed by atoms with E-state index in [-0.39, 0.29) is 11.9 Å². The lowest BCUT2D eigenvalue weighted by Gasteiger charge is -2.24. The van der Waals surface area contributed by atoms with E-state index in [1.165, 1.54) is 0 Å². The van der Waals surface area contributed by atoms with E-state index < -0.39 is 0 Å². The number of nitrogens with zero attached hydrogens (tertiary/aromatic N) is 3. The smallest absolute Gasteiger partial charge is 0.254 e. The van der Waals surface area contributed by atoms with Gasteiger partial charge in [-0.3, -0.25) is 9.78 Å². The zero-order valence-corrected chi connectivity index (χ0v) is 14.1. The fourth-order valence-electron chi connectivity index (χ4n) is 3.34. The van der Waals surface area contributed by atoms with Gasteiger partial charge in [-0.1, -0.05) is 18.2 Å². The number of hydrogen-bond acceptors (Lipinski definition) is 4. The molecule has 1 aliphatic heterocycles. The predicted molar refractivity (Wildman–Crippen MR) is 98.3 cm³/mol. The first-order valence-electron chi connectivity index (χ1n) is 8.52. The van der Waals surface area contributed by atoms with E-state index in [4.69, 9.17) is 4.98 Å². The first kappa shape index (κ1) is 15.7. The molecule has 0 radical (unpaired) electrons. The molecule has 3 heterocycles. The third-order valence-corrected chi connectivity index (χ3v) is 4.81. The van der Waals surface area contributed by atoms with Crippen molar-refractivity contribution in [3.05, 3.63) is 60.4 Å². The Morgan fingerprint density at radius 1 is 1.24 bits per heavy atom. The van der Waals surface area contributed by atoms with Gasteiger partial charge in [-0.25, -0.2) is 4.98 Å². The van der Waals surface area contributed by atoms with E-state index in [1.54, 1.807) is 12.4 Å². The quantitative estimate of drug-likeness (QED) is 0.801. The van der Waals surface area contributed by atoms with Crippen LogP contribution in [0.2, 0.25) is 0 Å². The summed E-state index contributed by atoms with van der Waals surface area (Å²) in [7, 11) is 1.89. The Hall–Kier alpha value is -2.79. The number of hydrogen-bond donors (Lipinski definition) is 1. The van der Waals surface area contributed by atoms with Crippen LogP contribution in [0.15, 0.2) is 54.9 Å². The Balaban J connectivity index is 1.82.